The lowest BCUT2D eigenvalue weighted by Crippen LogP contribution is -2.30. The molecule has 0 fully saturated rings. The molecule has 0 aliphatic heterocycles. The van der Waals surface area contributed by atoms with Crippen molar-refractivity contribution in [1.29, 1.82) is 0 Å². The molecule has 0 saturated heterocycles. The molecule has 0 saturated carbocycles. The van der Waals surface area contributed by atoms with Crippen LogP contribution in [-0.2, 0) is 13.1 Å². The third kappa shape index (κ3) is 7.51. The first kappa shape index (κ1) is 34.2. The van der Waals surface area contributed by atoms with Crippen molar-refractivity contribution in [2.45, 2.75) is 78.8 Å². The number of ether oxygens (including phenoxy) is 1. The molecule has 2 aromatic carbocycles. The quantitative estimate of drug-likeness (QED) is 0.104. The number of fused-ring (bicyclic) bond motifs is 1. The van der Waals surface area contributed by atoms with E-state index in [1.807, 2.05) is 41.1 Å². The van der Waals surface area contributed by atoms with Crippen LogP contribution in [0.4, 0.5) is 21.9 Å². The zero-order valence-corrected chi connectivity index (χ0v) is 28.7. The maximum Gasteiger partial charge on any atom is 0.323 e. The highest BCUT2D eigenvalue weighted by atomic mass is 16.5. The van der Waals surface area contributed by atoms with Crippen LogP contribution in [0.25, 0.3) is 22.2 Å². The van der Waals surface area contributed by atoms with E-state index in [-0.39, 0.29) is 23.1 Å². The standard InChI is InChI=1S/C37H46N8O3/c1-7-8-20-45-35-29(14-10-17-40-35)32(26-12-9-13-27(21-26)48-6)34(36(45)46)43-37(47)42-33-28(24(2)3)15-16-30(31(33)25(4)5)39-18-11-19-44-23-38-22-41-44/h9-10,12-17,21-25,39H,7-8,11,18-20H2,1-6H3,(H2,42,43,47). The Kier molecular flexibility index (Phi) is 11.1. The van der Waals surface area contributed by atoms with Gasteiger partial charge in [0, 0.05) is 48.0 Å². The summed E-state index contributed by atoms with van der Waals surface area (Å²) in [5, 5.41) is 14.7. The van der Waals surface area contributed by atoms with Crippen LogP contribution in [0.1, 0.15) is 76.8 Å². The molecule has 11 nitrogen and oxygen atoms in total. The second-order valence-corrected chi connectivity index (χ2v) is 12.5. The van der Waals surface area contributed by atoms with Crippen molar-refractivity contribution < 1.29 is 9.53 Å². The van der Waals surface area contributed by atoms with Crippen LogP contribution >= 0.6 is 0 Å². The molecule has 3 N–H and O–H groups in total. The number of rotatable bonds is 14. The van der Waals surface area contributed by atoms with E-state index in [0.29, 0.717) is 23.5 Å². The van der Waals surface area contributed by atoms with Crippen molar-refractivity contribution in [3.05, 3.63) is 88.9 Å². The summed E-state index contributed by atoms with van der Waals surface area (Å²) in [6.07, 6.45) is 7.49. The average molecular weight is 651 g/mol. The first-order valence-corrected chi connectivity index (χ1v) is 16.7. The van der Waals surface area contributed by atoms with Crippen molar-refractivity contribution >= 4 is 34.1 Å². The smallest absolute Gasteiger partial charge is 0.323 e. The van der Waals surface area contributed by atoms with Crippen LogP contribution in [0.3, 0.4) is 0 Å². The second-order valence-electron chi connectivity index (χ2n) is 12.5. The molecule has 0 unspecified atom stereocenters. The molecule has 48 heavy (non-hydrogen) atoms. The summed E-state index contributed by atoms with van der Waals surface area (Å²) >= 11 is 0. The summed E-state index contributed by atoms with van der Waals surface area (Å²) in [7, 11) is 1.60. The fraction of sp³-hybridized carbons (Fsp3) is 0.378. The molecule has 0 atom stereocenters. The highest BCUT2D eigenvalue weighted by Crippen LogP contribution is 2.39. The lowest BCUT2D eigenvalue weighted by molar-refractivity contribution is 0.262. The zero-order chi connectivity index (χ0) is 34.2. The highest BCUT2D eigenvalue weighted by Gasteiger charge is 2.24. The van der Waals surface area contributed by atoms with Crippen LogP contribution in [0, 0.1) is 0 Å². The fourth-order valence-corrected chi connectivity index (χ4v) is 6.08. The minimum absolute atomic E-state index is 0.0992. The number of methoxy groups -OCH3 is 1. The molecule has 2 amide bonds. The number of hydrogen-bond acceptors (Lipinski definition) is 7. The van der Waals surface area contributed by atoms with E-state index in [9.17, 15) is 9.59 Å². The summed E-state index contributed by atoms with van der Waals surface area (Å²) in [5.74, 6) is 0.885. The third-order valence-electron chi connectivity index (χ3n) is 8.41. The zero-order valence-electron chi connectivity index (χ0n) is 28.7. The summed E-state index contributed by atoms with van der Waals surface area (Å²) in [6.45, 7) is 12.5. The lowest BCUT2D eigenvalue weighted by atomic mass is 9.91. The van der Waals surface area contributed by atoms with Gasteiger partial charge in [-0.15, -0.1) is 0 Å². The summed E-state index contributed by atoms with van der Waals surface area (Å²) < 4.78 is 9.00. The molecule has 5 rings (SSSR count). The Balaban J connectivity index is 1.55. The molecule has 0 bridgehead atoms. The Labute approximate surface area is 281 Å². The molecule has 11 heteroatoms. The van der Waals surface area contributed by atoms with Gasteiger partial charge in [-0.1, -0.05) is 59.2 Å². The van der Waals surface area contributed by atoms with Gasteiger partial charge in [0.2, 0.25) is 0 Å². The van der Waals surface area contributed by atoms with E-state index in [2.05, 4.69) is 77.8 Å². The minimum Gasteiger partial charge on any atom is -0.497 e. The fourth-order valence-electron chi connectivity index (χ4n) is 6.08. The van der Waals surface area contributed by atoms with Crippen molar-refractivity contribution in [3.8, 4) is 16.9 Å². The number of aromatic nitrogens is 5. The Bertz CT molecular complexity index is 1910. The summed E-state index contributed by atoms with van der Waals surface area (Å²) in [6, 6.07) is 14.9. The maximum atomic E-state index is 14.3. The van der Waals surface area contributed by atoms with E-state index in [0.717, 1.165) is 65.8 Å². The Hall–Kier alpha value is -5.19. The van der Waals surface area contributed by atoms with Crippen molar-refractivity contribution in [1.82, 2.24) is 24.3 Å². The van der Waals surface area contributed by atoms with E-state index in [1.165, 1.54) is 6.33 Å². The van der Waals surface area contributed by atoms with Gasteiger partial charge >= 0.3 is 6.03 Å². The van der Waals surface area contributed by atoms with Gasteiger partial charge < -0.3 is 20.7 Å². The second kappa shape index (κ2) is 15.6. The van der Waals surface area contributed by atoms with Gasteiger partial charge in [0.05, 0.1) is 12.8 Å². The Morgan fingerprint density at radius 3 is 2.48 bits per heavy atom. The normalized spacial score (nSPS) is 11.3. The highest BCUT2D eigenvalue weighted by molar-refractivity contribution is 6.08. The number of benzene rings is 2. The van der Waals surface area contributed by atoms with Crippen molar-refractivity contribution in [2.75, 3.05) is 29.6 Å². The number of unbranched alkanes of at least 4 members (excludes halogenated alkanes) is 1. The molecule has 3 heterocycles. The number of pyridine rings is 2. The SMILES string of the molecule is CCCCn1c(=O)c(NC(=O)Nc2c(C(C)C)ccc(NCCCn3cncn3)c2C(C)C)c(-c2cccc(OC)c2)c2cccnc21. The number of hydrogen-bond donors (Lipinski definition) is 3. The van der Waals surface area contributed by atoms with Gasteiger partial charge in [-0.05, 0) is 66.1 Å². The molecule has 0 spiro atoms. The van der Waals surface area contributed by atoms with Crippen LogP contribution in [0.5, 0.6) is 5.75 Å². The third-order valence-corrected chi connectivity index (χ3v) is 8.41. The topological polar surface area (TPSA) is 128 Å². The van der Waals surface area contributed by atoms with Crippen LogP contribution in [-0.4, -0.2) is 44.0 Å². The number of amides is 2. The average Bonchev–Trinajstić information content (AvgIpc) is 3.60. The molecule has 0 aliphatic carbocycles. The number of aryl methyl sites for hydroxylation is 2. The molecular weight excluding hydrogens is 604 g/mol. The number of nitrogens with zero attached hydrogens (tertiary/aromatic N) is 5. The van der Waals surface area contributed by atoms with E-state index >= 15 is 0 Å². The van der Waals surface area contributed by atoms with Crippen LogP contribution in [0.2, 0.25) is 0 Å². The van der Waals surface area contributed by atoms with Gasteiger partial charge in [-0.25, -0.2) is 14.8 Å². The minimum atomic E-state index is -0.492. The predicted octanol–water partition coefficient (Wildman–Crippen LogP) is 7.86. The lowest BCUT2D eigenvalue weighted by Gasteiger charge is -2.25. The van der Waals surface area contributed by atoms with Gasteiger partial charge in [-0.2, -0.15) is 5.10 Å². The first-order valence-electron chi connectivity index (χ1n) is 16.7. The first-order chi connectivity index (χ1) is 23.2. The molecule has 5 aromatic rings. The van der Waals surface area contributed by atoms with E-state index in [1.54, 1.807) is 24.2 Å². The molecule has 0 radical (unpaired) electrons. The largest absolute Gasteiger partial charge is 0.497 e. The van der Waals surface area contributed by atoms with Crippen LogP contribution in [0.15, 0.2) is 72.2 Å². The molecular formula is C37H46N8O3. The van der Waals surface area contributed by atoms with Gasteiger partial charge in [0.15, 0.2) is 0 Å². The molecule has 252 valence electrons. The number of carbonyl (C=O) groups is 1. The molecule has 3 aromatic heterocycles. The van der Waals surface area contributed by atoms with Crippen molar-refractivity contribution in [3.63, 3.8) is 0 Å². The molecule has 0 aliphatic rings. The predicted molar refractivity (Wildman–Crippen MR) is 193 cm³/mol. The summed E-state index contributed by atoms with van der Waals surface area (Å²) in [5.41, 5.74) is 5.52. The van der Waals surface area contributed by atoms with Gasteiger partial charge in [0.25, 0.3) is 5.56 Å². The number of carbonyl (C=O) groups excluding carboxylic acids is 1. The number of anilines is 3. The van der Waals surface area contributed by atoms with E-state index in [4.69, 9.17) is 4.74 Å². The van der Waals surface area contributed by atoms with Crippen LogP contribution < -0.4 is 26.2 Å². The summed E-state index contributed by atoms with van der Waals surface area (Å²) in [4.78, 5) is 37.0. The Morgan fingerprint density at radius 2 is 1.77 bits per heavy atom. The van der Waals surface area contributed by atoms with E-state index < -0.39 is 6.03 Å². The number of nitrogens with one attached hydrogen (secondary N) is 3. The van der Waals surface area contributed by atoms with Crippen molar-refractivity contribution in [2.24, 2.45) is 0 Å². The van der Waals surface area contributed by atoms with Gasteiger partial charge in [0.1, 0.15) is 29.7 Å². The van der Waals surface area contributed by atoms with Gasteiger partial charge in [-0.3, -0.25) is 14.0 Å². The monoisotopic (exact) mass is 650 g/mol. The number of urea groups is 1. The maximum absolute atomic E-state index is 14.3. The Morgan fingerprint density at radius 1 is 0.958 bits per heavy atom.